The molecule has 3 heterocycles. The summed E-state index contributed by atoms with van der Waals surface area (Å²) in [5.74, 6) is -0.510. The molecule has 3 rings (SSSR count). The molecule has 3 amide bonds. The molecule has 0 radical (unpaired) electrons. The Morgan fingerprint density at radius 2 is 2.04 bits per heavy atom. The zero-order chi connectivity index (χ0) is 19.1. The number of piperidine rings is 2. The first-order chi connectivity index (χ1) is 12.2. The maximum atomic E-state index is 12.4. The number of hydrogen-bond acceptors (Lipinski definition) is 7. The number of carbonyl (C=O) groups excluding carboxylic acids is 2. The number of nitrogens with zero attached hydrogens (tertiary/aromatic N) is 3. The van der Waals surface area contributed by atoms with E-state index in [1.165, 1.54) is 4.90 Å². The van der Waals surface area contributed by atoms with Crippen LogP contribution < -0.4 is 5.32 Å². The summed E-state index contributed by atoms with van der Waals surface area (Å²) in [6.45, 7) is 1.74. The van der Waals surface area contributed by atoms with Crippen LogP contribution >= 0.6 is 0 Å². The van der Waals surface area contributed by atoms with E-state index in [9.17, 15) is 18.0 Å². The number of nitrogens with one attached hydrogen (secondary N) is 2. The number of carbonyl (C=O) groups is 2. The summed E-state index contributed by atoms with van der Waals surface area (Å²) >= 11 is 0. The maximum Gasteiger partial charge on any atom is 0.418 e. The van der Waals surface area contributed by atoms with Gasteiger partial charge < -0.3 is 15.1 Å². The first kappa shape index (κ1) is 19.0. The molecule has 3 N–H and O–H groups in total. The van der Waals surface area contributed by atoms with E-state index in [1.807, 2.05) is 7.05 Å². The molecule has 146 valence electrons. The minimum Gasteiger partial charge on any atom is -0.313 e. The van der Waals surface area contributed by atoms with E-state index in [2.05, 4.69) is 14.5 Å². The smallest absolute Gasteiger partial charge is 0.313 e. The highest BCUT2D eigenvalue weighted by Crippen LogP contribution is 2.30. The van der Waals surface area contributed by atoms with Crippen LogP contribution in [-0.2, 0) is 19.5 Å². The Bertz CT molecular complexity index is 713. The molecule has 3 fully saturated rings. The van der Waals surface area contributed by atoms with Crippen molar-refractivity contribution in [1.82, 2.24) is 20.2 Å². The highest BCUT2D eigenvalue weighted by Gasteiger charge is 2.48. The first-order valence-electron chi connectivity index (χ1n) is 8.50. The monoisotopic (exact) mass is 389 g/mol. The molecule has 0 saturated carbocycles. The molecule has 11 nitrogen and oxygen atoms in total. The van der Waals surface area contributed by atoms with E-state index in [-0.39, 0.29) is 24.2 Å². The Labute approximate surface area is 151 Å². The lowest BCUT2D eigenvalue weighted by molar-refractivity contribution is -0.125. The second kappa shape index (κ2) is 7.10. The number of hydrogen-bond donors (Lipinski definition) is 3. The van der Waals surface area contributed by atoms with Gasteiger partial charge in [0.1, 0.15) is 5.84 Å². The Morgan fingerprint density at radius 1 is 1.31 bits per heavy atom. The van der Waals surface area contributed by atoms with Crippen molar-refractivity contribution < 1.29 is 26.8 Å². The molecule has 3 atom stereocenters. The number of hydroxylamine groups is 2. The van der Waals surface area contributed by atoms with E-state index >= 15 is 0 Å². The molecule has 2 bridgehead atoms. The molecule has 0 aromatic carbocycles. The van der Waals surface area contributed by atoms with Crippen LogP contribution in [0.3, 0.4) is 0 Å². The number of amidine groups is 1. The lowest BCUT2D eigenvalue weighted by Crippen LogP contribution is -2.52. The van der Waals surface area contributed by atoms with Gasteiger partial charge in [0, 0.05) is 13.1 Å². The van der Waals surface area contributed by atoms with Gasteiger partial charge in [-0.3, -0.25) is 14.8 Å². The van der Waals surface area contributed by atoms with E-state index in [4.69, 9.17) is 9.96 Å². The molecule has 3 aliphatic heterocycles. The first-order valence-corrected chi connectivity index (χ1v) is 9.87. The van der Waals surface area contributed by atoms with Crippen LogP contribution in [0.2, 0.25) is 0 Å². The van der Waals surface area contributed by atoms with Gasteiger partial charge in [-0.2, -0.15) is 13.5 Å². The summed E-state index contributed by atoms with van der Waals surface area (Å²) in [6, 6.07) is -1.92. The molecule has 0 aromatic heterocycles. The van der Waals surface area contributed by atoms with E-state index in [0.717, 1.165) is 19.4 Å². The van der Waals surface area contributed by atoms with Crippen molar-refractivity contribution in [2.24, 2.45) is 5.92 Å². The largest absolute Gasteiger partial charge is 0.418 e. The fraction of sp³-hybridized carbons (Fsp3) is 0.786. The SMILES string of the molecule is CN1CCCC(C(=O)NC(=N)[C@@H]2CC[C@@H]3CN2C(=O)N3OS(=O)(=O)O)C1. The Hall–Kier alpha value is -1.76. The van der Waals surface area contributed by atoms with Crippen molar-refractivity contribution in [3.63, 3.8) is 0 Å². The summed E-state index contributed by atoms with van der Waals surface area (Å²) in [7, 11) is -2.86. The van der Waals surface area contributed by atoms with Gasteiger partial charge in [0.25, 0.3) is 0 Å². The Balaban J connectivity index is 1.62. The molecule has 0 aliphatic carbocycles. The van der Waals surface area contributed by atoms with Gasteiger partial charge in [-0.1, -0.05) is 0 Å². The van der Waals surface area contributed by atoms with Crippen molar-refractivity contribution in [1.29, 1.82) is 5.41 Å². The van der Waals surface area contributed by atoms with Crippen molar-refractivity contribution in [3.8, 4) is 0 Å². The number of urea groups is 1. The molecular weight excluding hydrogens is 366 g/mol. The van der Waals surface area contributed by atoms with Gasteiger partial charge in [-0.25, -0.2) is 4.79 Å². The van der Waals surface area contributed by atoms with Crippen LogP contribution in [0.25, 0.3) is 0 Å². The maximum absolute atomic E-state index is 12.4. The third kappa shape index (κ3) is 3.98. The molecule has 12 heteroatoms. The van der Waals surface area contributed by atoms with Crippen molar-refractivity contribution in [2.75, 3.05) is 26.7 Å². The molecular formula is C14H23N5O6S. The summed E-state index contributed by atoms with van der Waals surface area (Å²) < 4.78 is 35.0. The number of rotatable bonds is 4. The molecule has 0 aromatic rings. The lowest BCUT2D eigenvalue weighted by atomic mass is 9.96. The number of likely N-dealkylation sites (tertiary alicyclic amines) is 1. The zero-order valence-corrected chi connectivity index (χ0v) is 15.2. The molecule has 3 saturated heterocycles. The Kier molecular flexibility index (Phi) is 5.19. The summed E-state index contributed by atoms with van der Waals surface area (Å²) in [5, 5.41) is 11.4. The summed E-state index contributed by atoms with van der Waals surface area (Å²) in [5.41, 5.74) is 0. The molecule has 0 spiro atoms. The standard InChI is InChI=1S/C14H23N5O6S/c1-17-6-2-3-9(7-17)13(20)16-12(15)11-5-4-10-8-18(11)14(21)19(10)25-26(22,23)24/h9-11H,2-8H2,1H3,(H2,15,16,20)(H,22,23,24)/t9?,10-,11+/m1/s1. The van der Waals surface area contributed by atoms with Gasteiger partial charge >= 0.3 is 16.4 Å². The second-order valence-electron chi connectivity index (χ2n) is 7.01. The van der Waals surface area contributed by atoms with Crippen LogP contribution in [0, 0.1) is 11.3 Å². The average Bonchev–Trinajstić information content (AvgIpc) is 2.78. The minimum atomic E-state index is -4.81. The normalized spacial score (nSPS) is 29.8. The van der Waals surface area contributed by atoms with Crippen molar-refractivity contribution in [3.05, 3.63) is 0 Å². The Morgan fingerprint density at radius 3 is 2.69 bits per heavy atom. The highest BCUT2D eigenvalue weighted by molar-refractivity contribution is 7.80. The second-order valence-corrected chi connectivity index (χ2v) is 8.02. The van der Waals surface area contributed by atoms with Crippen LogP contribution in [-0.4, -0.2) is 84.4 Å². The van der Waals surface area contributed by atoms with Gasteiger partial charge in [0.15, 0.2) is 0 Å². The molecule has 3 aliphatic rings. The van der Waals surface area contributed by atoms with E-state index in [1.54, 1.807) is 0 Å². The predicted octanol–water partition coefficient (Wildman–Crippen LogP) is -0.575. The predicted molar refractivity (Wildman–Crippen MR) is 89.5 cm³/mol. The average molecular weight is 389 g/mol. The third-order valence-electron chi connectivity index (χ3n) is 5.08. The number of amides is 3. The fourth-order valence-corrected chi connectivity index (χ4v) is 4.22. The van der Waals surface area contributed by atoms with Gasteiger partial charge in [-0.15, -0.1) is 4.28 Å². The van der Waals surface area contributed by atoms with E-state index < -0.39 is 28.5 Å². The quantitative estimate of drug-likeness (QED) is 0.332. The molecule has 26 heavy (non-hydrogen) atoms. The van der Waals surface area contributed by atoms with Crippen LogP contribution in [0.15, 0.2) is 0 Å². The third-order valence-corrected chi connectivity index (χ3v) is 5.43. The van der Waals surface area contributed by atoms with Gasteiger partial charge in [0.2, 0.25) is 5.91 Å². The van der Waals surface area contributed by atoms with Crippen molar-refractivity contribution in [2.45, 2.75) is 37.8 Å². The van der Waals surface area contributed by atoms with Crippen molar-refractivity contribution >= 4 is 28.2 Å². The summed E-state index contributed by atoms with van der Waals surface area (Å²) in [6.07, 6.45) is 2.46. The lowest BCUT2D eigenvalue weighted by Gasteiger charge is -2.32. The highest BCUT2D eigenvalue weighted by atomic mass is 32.3. The van der Waals surface area contributed by atoms with Crippen LogP contribution in [0.5, 0.6) is 0 Å². The topological polar surface area (TPSA) is 143 Å². The molecule has 1 unspecified atom stereocenters. The van der Waals surface area contributed by atoms with Crippen LogP contribution in [0.4, 0.5) is 4.79 Å². The van der Waals surface area contributed by atoms with Crippen LogP contribution in [0.1, 0.15) is 25.7 Å². The van der Waals surface area contributed by atoms with E-state index in [0.29, 0.717) is 24.4 Å². The zero-order valence-electron chi connectivity index (χ0n) is 14.4. The summed E-state index contributed by atoms with van der Waals surface area (Å²) in [4.78, 5) is 28.1. The fourth-order valence-electron chi connectivity index (χ4n) is 3.83. The van der Waals surface area contributed by atoms with Gasteiger partial charge in [0.05, 0.1) is 18.0 Å². The van der Waals surface area contributed by atoms with Gasteiger partial charge in [-0.05, 0) is 39.3 Å². The minimum absolute atomic E-state index is 0.0799. The number of fused-ring (bicyclic) bond motifs is 2.